The van der Waals surface area contributed by atoms with Crippen LogP contribution in [-0.2, 0) is 6.42 Å². The molecule has 2 fully saturated rings. The van der Waals surface area contributed by atoms with Crippen molar-refractivity contribution in [3.05, 3.63) is 29.3 Å². The van der Waals surface area contributed by atoms with Gasteiger partial charge in [0.15, 0.2) is 0 Å². The van der Waals surface area contributed by atoms with Gasteiger partial charge in [-0.3, -0.25) is 0 Å². The van der Waals surface area contributed by atoms with Gasteiger partial charge in [-0.1, -0.05) is 13.0 Å². The van der Waals surface area contributed by atoms with Gasteiger partial charge in [0, 0.05) is 19.1 Å². The number of aryl methyl sites for hydroxylation is 1. The summed E-state index contributed by atoms with van der Waals surface area (Å²) < 4.78 is 0. The number of hydrogen-bond acceptors (Lipinski definition) is 3. The number of nitrogens with one attached hydrogen (secondary N) is 1. The van der Waals surface area contributed by atoms with Gasteiger partial charge in [-0.25, -0.2) is 0 Å². The number of likely N-dealkylation sites (N-methyl/N-ethyl adjacent to an activating group) is 1. The highest BCUT2D eigenvalue weighted by Crippen LogP contribution is 2.63. The summed E-state index contributed by atoms with van der Waals surface area (Å²) in [5, 5.41) is 13.7. The summed E-state index contributed by atoms with van der Waals surface area (Å²) >= 11 is 0. The van der Waals surface area contributed by atoms with Crippen molar-refractivity contribution in [3.63, 3.8) is 0 Å². The van der Waals surface area contributed by atoms with Crippen LogP contribution in [0.15, 0.2) is 18.2 Å². The van der Waals surface area contributed by atoms with Gasteiger partial charge in [0.1, 0.15) is 5.75 Å². The highest BCUT2D eigenvalue weighted by Gasteiger charge is 2.55. The molecule has 0 aliphatic heterocycles. The minimum absolute atomic E-state index is 0.436. The molecule has 1 aromatic rings. The molecule has 4 rings (SSSR count). The third-order valence-corrected chi connectivity index (χ3v) is 8.41. The molecule has 3 heteroatoms. The Morgan fingerprint density at radius 3 is 2.81 bits per heavy atom. The molecule has 2 saturated carbocycles. The van der Waals surface area contributed by atoms with E-state index in [-0.39, 0.29) is 0 Å². The highest BCUT2D eigenvalue weighted by molar-refractivity contribution is 5.40. The Kier molecular flexibility index (Phi) is 5.28. The molecule has 27 heavy (non-hydrogen) atoms. The standard InChI is InChI=1S/C24H38N2O/c1-16(25-13-14-26(3)4)22-9-10-23-21-7-5-17-15-18(27)6-8-19(17)20(21)11-12-24(22,23)2/h6,8,15-16,20-23,25,27H,5,7,9-14H2,1-4H3/t16-,20?,21?,22?,23?,24?/m0/s1. The minimum atomic E-state index is 0.436. The smallest absolute Gasteiger partial charge is 0.115 e. The monoisotopic (exact) mass is 370 g/mol. The average Bonchev–Trinajstić information content (AvgIpc) is 2.98. The molecule has 3 aliphatic rings. The summed E-state index contributed by atoms with van der Waals surface area (Å²) in [7, 11) is 4.31. The van der Waals surface area contributed by atoms with Crippen molar-refractivity contribution in [2.45, 2.75) is 64.3 Å². The van der Waals surface area contributed by atoms with Gasteiger partial charge >= 0.3 is 0 Å². The number of fused-ring (bicyclic) bond motifs is 5. The van der Waals surface area contributed by atoms with E-state index in [1.807, 2.05) is 12.1 Å². The zero-order valence-corrected chi connectivity index (χ0v) is 17.7. The summed E-state index contributed by atoms with van der Waals surface area (Å²) in [6.07, 6.45) is 7.97. The summed E-state index contributed by atoms with van der Waals surface area (Å²) in [4.78, 5) is 2.27. The van der Waals surface area contributed by atoms with Crippen LogP contribution in [0.2, 0.25) is 0 Å². The Morgan fingerprint density at radius 2 is 2.04 bits per heavy atom. The topological polar surface area (TPSA) is 35.5 Å². The number of nitrogens with zero attached hydrogens (tertiary/aromatic N) is 1. The molecule has 0 heterocycles. The molecular formula is C24H38N2O. The number of rotatable bonds is 5. The number of benzene rings is 1. The van der Waals surface area contributed by atoms with Crippen LogP contribution in [-0.4, -0.2) is 43.2 Å². The first kappa shape index (κ1) is 19.3. The Bertz CT molecular complexity index is 672. The van der Waals surface area contributed by atoms with E-state index in [2.05, 4.69) is 44.2 Å². The number of phenols is 1. The lowest BCUT2D eigenvalue weighted by Crippen LogP contribution is -2.48. The Morgan fingerprint density at radius 1 is 1.22 bits per heavy atom. The third-order valence-electron chi connectivity index (χ3n) is 8.41. The van der Waals surface area contributed by atoms with Gasteiger partial charge in [0.2, 0.25) is 0 Å². The van der Waals surface area contributed by atoms with Crippen molar-refractivity contribution >= 4 is 0 Å². The summed E-state index contributed by atoms with van der Waals surface area (Å²) in [5.74, 6) is 3.70. The second-order valence-electron chi connectivity index (χ2n) is 10.1. The first-order valence-electron chi connectivity index (χ1n) is 11.1. The van der Waals surface area contributed by atoms with E-state index >= 15 is 0 Å². The Hall–Kier alpha value is -1.06. The maximum Gasteiger partial charge on any atom is 0.115 e. The summed E-state index contributed by atoms with van der Waals surface area (Å²) in [6.45, 7) is 7.25. The van der Waals surface area contributed by atoms with Gasteiger partial charge in [-0.2, -0.15) is 0 Å². The van der Waals surface area contributed by atoms with E-state index in [4.69, 9.17) is 0 Å². The molecule has 3 aliphatic carbocycles. The fraction of sp³-hybridized carbons (Fsp3) is 0.750. The second kappa shape index (κ2) is 7.40. The van der Waals surface area contributed by atoms with Gasteiger partial charge in [0.05, 0.1) is 0 Å². The molecular weight excluding hydrogens is 332 g/mol. The molecule has 0 aromatic heterocycles. The zero-order valence-electron chi connectivity index (χ0n) is 17.7. The van der Waals surface area contributed by atoms with Crippen molar-refractivity contribution < 1.29 is 5.11 Å². The molecule has 1 aromatic carbocycles. The van der Waals surface area contributed by atoms with Crippen molar-refractivity contribution in [1.82, 2.24) is 10.2 Å². The molecule has 5 unspecified atom stereocenters. The number of phenolic OH excluding ortho intramolecular Hbond substituents is 1. The minimum Gasteiger partial charge on any atom is -0.508 e. The maximum absolute atomic E-state index is 9.87. The van der Waals surface area contributed by atoms with Crippen LogP contribution in [0.3, 0.4) is 0 Å². The van der Waals surface area contributed by atoms with E-state index in [0.29, 0.717) is 17.2 Å². The third kappa shape index (κ3) is 3.42. The molecule has 0 spiro atoms. The molecule has 6 atom stereocenters. The van der Waals surface area contributed by atoms with E-state index in [1.54, 1.807) is 5.56 Å². The largest absolute Gasteiger partial charge is 0.508 e. The van der Waals surface area contributed by atoms with Gasteiger partial charge < -0.3 is 15.3 Å². The predicted octanol–water partition coefficient (Wildman–Crippen LogP) is 4.40. The van der Waals surface area contributed by atoms with E-state index in [9.17, 15) is 5.11 Å². The van der Waals surface area contributed by atoms with E-state index in [0.717, 1.165) is 43.2 Å². The quantitative estimate of drug-likeness (QED) is 0.806. The van der Waals surface area contributed by atoms with Crippen LogP contribution in [0.1, 0.15) is 63.0 Å². The average molecular weight is 371 g/mol. The Labute approximate surface area is 165 Å². The fourth-order valence-electron chi connectivity index (χ4n) is 7.09. The fourth-order valence-corrected chi connectivity index (χ4v) is 7.09. The lowest BCUT2D eigenvalue weighted by Gasteiger charge is -2.52. The van der Waals surface area contributed by atoms with Crippen molar-refractivity contribution in [1.29, 1.82) is 0 Å². The van der Waals surface area contributed by atoms with E-state index in [1.165, 1.54) is 37.7 Å². The molecule has 0 bridgehead atoms. The molecule has 2 N–H and O–H groups in total. The predicted molar refractivity (Wildman–Crippen MR) is 112 cm³/mol. The zero-order chi connectivity index (χ0) is 19.2. The molecule has 0 radical (unpaired) electrons. The molecule has 3 nitrogen and oxygen atoms in total. The van der Waals surface area contributed by atoms with E-state index < -0.39 is 0 Å². The normalized spacial score (nSPS) is 36.2. The van der Waals surface area contributed by atoms with Crippen LogP contribution in [0, 0.1) is 23.2 Å². The molecule has 0 amide bonds. The van der Waals surface area contributed by atoms with Gasteiger partial charge in [-0.05, 0) is 112 Å². The molecule has 150 valence electrons. The van der Waals surface area contributed by atoms with Crippen molar-refractivity contribution in [3.8, 4) is 5.75 Å². The van der Waals surface area contributed by atoms with Crippen LogP contribution in [0.5, 0.6) is 5.75 Å². The number of aromatic hydroxyl groups is 1. The lowest BCUT2D eigenvalue weighted by molar-refractivity contribution is 0.0181. The number of hydrogen-bond donors (Lipinski definition) is 2. The SMILES string of the molecule is C[C@H](NCCN(C)C)C1CCC2C3CCc4cc(O)ccc4C3CCC21C. The van der Waals surface area contributed by atoms with Crippen LogP contribution < -0.4 is 5.32 Å². The van der Waals surface area contributed by atoms with Crippen molar-refractivity contribution in [2.24, 2.45) is 23.2 Å². The van der Waals surface area contributed by atoms with Crippen LogP contribution >= 0.6 is 0 Å². The Balaban J connectivity index is 1.49. The second-order valence-corrected chi connectivity index (χ2v) is 10.1. The summed E-state index contributed by atoms with van der Waals surface area (Å²) in [5.41, 5.74) is 3.46. The van der Waals surface area contributed by atoms with Crippen molar-refractivity contribution in [2.75, 3.05) is 27.2 Å². The summed E-state index contributed by atoms with van der Waals surface area (Å²) in [6, 6.07) is 6.77. The first-order valence-corrected chi connectivity index (χ1v) is 11.1. The van der Waals surface area contributed by atoms with Crippen LogP contribution in [0.4, 0.5) is 0 Å². The van der Waals surface area contributed by atoms with Gasteiger partial charge in [-0.15, -0.1) is 0 Å². The van der Waals surface area contributed by atoms with Gasteiger partial charge in [0.25, 0.3) is 0 Å². The first-order chi connectivity index (χ1) is 12.9. The molecule has 0 saturated heterocycles. The maximum atomic E-state index is 9.87. The van der Waals surface area contributed by atoms with Crippen LogP contribution in [0.25, 0.3) is 0 Å². The lowest BCUT2D eigenvalue weighted by atomic mass is 9.53. The highest BCUT2D eigenvalue weighted by atomic mass is 16.3.